The van der Waals surface area contributed by atoms with Crippen LogP contribution in [0.3, 0.4) is 0 Å². The first-order valence-electron chi connectivity index (χ1n) is 5.86. The van der Waals surface area contributed by atoms with E-state index in [0.29, 0.717) is 12.0 Å². The number of nitrogens with zero attached hydrogens (tertiary/aromatic N) is 1. The molecule has 0 amide bonds. The summed E-state index contributed by atoms with van der Waals surface area (Å²) in [5, 5.41) is 12.4. The van der Waals surface area contributed by atoms with E-state index in [9.17, 15) is 5.11 Å². The van der Waals surface area contributed by atoms with Gasteiger partial charge in [-0.25, -0.2) is 0 Å². The second kappa shape index (κ2) is 6.46. The standard InChI is InChI=1S/C12H28N2O/c1-10(2)11(3)14(6)8-7-12(4,9-15)13-5/h10-11,13,15H,7-9H2,1-6H3. The lowest BCUT2D eigenvalue weighted by atomic mass is 9.98. The highest BCUT2D eigenvalue weighted by molar-refractivity contribution is 4.82. The van der Waals surface area contributed by atoms with Crippen LogP contribution in [0.5, 0.6) is 0 Å². The van der Waals surface area contributed by atoms with Crippen LogP contribution in [0.25, 0.3) is 0 Å². The highest BCUT2D eigenvalue weighted by atomic mass is 16.3. The fourth-order valence-electron chi connectivity index (χ4n) is 1.42. The molecule has 3 heteroatoms. The van der Waals surface area contributed by atoms with Crippen LogP contribution in [0.1, 0.15) is 34.1 Å². The Balaban J connectivity index is 4.04. The Hall–Kier alpha value is -0.120. The molecule has 15 heavy (non-hydrogen) atoms. The fraction of sp³-hybridized carbons (Fsp3) is 1.00. The summed E-state index contributed by atoms with van der Waals surface area (Å²) >= 11 is 0. The van der Waals surface area contributed by atoms with Crippen molar-refractivity contribution in [2.75, 3.05) is 27.2 Å². The zero-order chi connectivity index (χ0) is 12.1. The van der Waals surface area contributed by atoms with Crippen LogP contribution < -0.4 is 5.32 Å². The number of rotatable bonds is 7. The van der Waals surface area contributed by atoms with Gasteiger partial charge in [0.25, 0.3) is 0 Å². The summed E-state index contributed by atoms with van der Waals surface area (Å²) < 4.78 is 0. The average molecular weight is 216 g/mol. The molecule has 0 aliphatic carbocycles. The Bertz CT molecular complexity index is 167. The molecule has 0 spiro atoms. The second-order valence-corrected chi connectivity index (χ2v) is 5.18. The molecule has 0 heterocycles. The molecule has 0 fully saturated rings. The molecule has 0 aromatic rings. The van der Waals surface area contributed by atoms with Gasteiger partial charge in [0, 0.05) is 11.6 Å². The van der Waals surface area contributed by atoms with E-state index in [0.717, 1.165) is 13.0 Å². The number of hydrogen-bond donors (Lipinski definition) is 2. The maximum atomic E-state index is 9.26. The van der Waals surface area contributed by atoms with Crippen molar-refractivity contribution in [1.29, 1.82) is 0 Å². The largest absolute Gasteiger partial charge is 0.394 e. The van der Waals surface area contributed by atoms with E-state index >= 15 is 0 Å². The number of aliphatic hydroxyl groups is 1. The lowest BCUT2D eigenvalue weighted by molar-refractivity contribution is 0.139. The van der Waals surface area contributed by atoms with Gasteiger partial charge in [0.15, 0.2) is 0 Å². The Labute approximate surface area is 94.9 Å². The van der Waals surface area contributed by atoms with Crippen molar-refractivity contribution >= 4 is 0 Å². The number of hydrogen-bond acceptors (Lipinski definition) is 3. The van der Waals surface area contributed by atoms with Gasteiger partial charge in [-0.15, -0.1) is 0 Å². The van der Waals surface area contributed by atoms with Gasteiger partial charge < -0.3 is 15.3 Å². The third kappa shape index (κ3) is 4.96. The number of nitrogens with one attached hydrogen (secondary N) is 1. The van der Waals surface area contributed by atoms with E-state index in [4.69, 9.17) is 0 Å². The van der Waals surface area contributed by atoms with Gasteiger partial charge in [0.1, 0.15) is 0 Å². The topological polar surface area (TPSA) is 35.5 Å². The first kappa shape index (κ1) is 14.9. The summed E-state index contributed by atoms with van der Waals surface area (Å²) in [5.41, 5.74) is -0.148. The van der Waals surface area contributed by atoms with Gasteiger partial charge in [-0.3, -0.25) is 0 Å². The van der Waals surface area contributed by atoms with Crippen molar-refractivity contribution < 1.29 is 5.11 Å². The summed E-state index contributed by atoms with van der Waals surface area (Å²) in [6.07, 6.45) is 0.966. The molecule has 0 aromatic heterocycles. The molecular formula is C12H28N2O. The third-order valence-electron chi connectivity index (χ3n) is 3.63. The minimum absolute atomic E-state index is 0.148. The maximum Gasteiger partial charge on any atom is 0.0610 e. The zero-order valence-electron chi connectivity index (χ0n) is 11.2. The molecule has 92 valence electrons. The first-order valence-corrected chi connectivity index (χ1v) is 5.86. The van der Waals surface area contributed by atoms with E-state index in [1.54, 1.807) is 0 Å². The van der Waals surface area contributed by atoms with Gasteiger partial charge in [-0.1, -0.05) is 13.8 Å². The van der Waals surface area contributed by atoms with Crippen LogP contribution in [0, 0.1) is 5.92 Å². The van der Waals surface area contributed by atoms with Crippen molar-refractivity contribution in [3.8, 4) is 0 Å². The summed E-state index contributed by atoms with van der Waals surface area (Å²) in [5.74, 6) is 0.671. The third-order valence-corrected chi connectivity index (χ3v) is 3.63. The zero-order valence-corrected chi connectivity index (χ0v) is 11.2. The molecule has 0 aliphatic heterocycles. The molecule has 0 saturated carbocycles. The summed E-state index contributed by atoms with van der Waals surface area (Å²) in [4.78, 5) is 2.36. The summed E-state index contributed by atoms with van der Waals surface area (Å²) in [6, 6.07) is 0.588. The van der Waals surface area contributed by atoms with Crippen molar-refractivity contribution in [2.24, 2.45) is 5.92 Å². The van der Waals surface area contributed by atoms with Gasteiger partial charge in [0.2, 0.25) is 0 Å². The molecule has 2 atom stereocenters. The highest BCUT2D eigenvalue weighted by Crippen LogP contribution is 2.13. The van der Waals surface area contributed by atoms with Gasteiger partial charge >= 0.3 is 0 Å². The lowest BCUT2D eigenvalue weighted by Crippen LogP contribution is -2.47. The Morgan fingerprint density at radius 2 is 1.87 bits per heavy atom. The van der Waals surface area contributed by atoms with E-state index < -0.39 is 0 Å². The molecule has 2 N–H and O–H groups in total. The Kier molecular flexibility index (Phi) is 6.41. The second-order valence-electron chi connectivity index (χ2n) is 5.18. The summed E-state index contributed by atoms with van der Waals surface area (Å²) in [6.45, 7) is 9.99. The summed E-state index contributed by atoms with van der Waals surface area (Å²) in [7, 11) is 4.06. The predicted octanol–water partition coefficient (Wildman–Crippen LogP) is 1.32. The van der Waals surface area contributed by atoms with Gasteiger partial charge in [-0.2, -0.15) is 0 Å². The van der Waals surface area contributed by atoms with Crippen LogP contribution in [0.4, 0.5) is 0 Å². The fourth-order valence-corrected chi connectivity index (χ4v) is 1.42. The van der Waals surface area contributed by atoms with Crippen LogP contribution in [0.2, 0.25) is 0 Å². The Morgan fingerprint density at radius 3 is 2.20 bits per heavy atom. The van der Waals surface area contributed by atoms with Crippen molar-refractivity contribution in [2.45, 2.75) is 45.7 Å². The molecule has 0 aliphatic rings. The minimum Gasteiger partial charge on any atom is -0.394 e. The lowest BCUT2D eigenvalue weighted by Gasteiger charge is -2.33. The molecule has 0 aromatic carbocycles. The van der Waals surface area contributed by atoms with E-state index in [-0.39, 0.29) is 12.1 Å². The number of likely N-dealkylation sites (N-methyl/N-ethyl adjacent to an activating group) is 1. The molecule has 3 nitrogen and oxygen atoms in total. The predicted molar refractivity (Wildman–Crippen MR) is 66.1 cm³/mol. The van der Waals surface area contributed by atoms with Crippen LogP contribution >= 0.6 is 0 Å². The molecule has 0 saturated heterocycles. The first-order chi connectivity index (χ1) is 6.86. The smallest absolute Gasteiger partial charge is 0.0610 e. The van der Waals surface area contributed by atoms with E-state index in [1.165, 1.54) is 0 Å². The molecule has 0 bridgehead atoms. The van der Waals surface area contributed by atoms with Crippen LogP contribution in [-0.4, -0.2) is 48.8 Å². The quantitative estimate of drug-likeness (QED) is 0.674. The van der Waals surface area contributed by atoms with Crippen LogP contribution in [0.15, 0.2) is 0 Å². The SMILES string of the molecule is CNC(C)(CO)CCN(C)C(C)C(C)C. The van der Waals surface area contributed by atoms with Crippen LogP contribution in [-0.2, 0) is 0 Å². The average Bonchev–Trinajstić information content (AvgIpc) is 2.24. The van der Waals surface area contributed by atoms with E-state index in [1.807, 2.05) is 7.05 Å². The van der Waals surface area contributed by atoms with Crippen molar-refractivity contribution in [1.82, 2.24) is 10.2 Å². The minimum atomic E-state index is -0.148. The highest BCUT2D eigenvalue weighted by Gasteiger charge is 2.22. The monoisotopic (exact) mass is 216 g/mol. The molecular weight excluding hydrogens is 188 g/mol. The Morgan fingerprint density at radius 1 is 1.33 bits per heavy atom. The molecule has 2 unspecified atom stereocenters. The molecule has 0 rings (SSSR count). The van der Waals surface area contributed by atoms with E-state index in [2.05, 4.69) is 45.0 Å². The molecule has 0 radical (unpaired) electrons. The number of aliphatic hydroxyl groups excluding tert-OH is 1. The van der Waals surface area contributed by atoms with Gasteiger partial charge in [0.05, 0.1) is 6.61 Å². The normalized spacial score (nSPS) is 18.2. The van der Waals surface area contributed by atoms with Crippen molar-refractivity contribution in [3.05, 3.63) is 0 Å². The van der Waals surface area contributed by atoms with Gasteiger partial charge in [-0.05, 0) is 46.8 Å². The van der Waals surface area contributed by atoms with Crippen molar-refractivity contribution in [3.63, 3.8) is 0 Å². The maximum absolute atomic E-state index is 9.26.